The molecule has 18 heavy (non-hydrogen) atoms. The molecule has 0 saturated carbocycles. The second-order valence-electron chi connectivity index (χ2n) is 3.46. The number of hydrogen-bond acceptors (Lipinski definition) is 5. The van der Waals surface area contributed by atoms with Crippen molar-refractivity contribution in [3.05, 3.63) is 30.3 Å². The number of hydrogen-bond donors (Lipinski definition) is 0. The van der Waals surface area contributed by atoms with Gasteiger partial charge in [-0.2, -0.15) is 0 Å². The lowest BCUT2D eigenvalue weighted by molar-refractivity contribution is 0.465. The molecule has 0 amide bonds. The van der Waals surface area contributed by atoms with E-state index in [0.29, 0.717) is 10.9 Å². The normalized spacial score (nSPS) is 11.2. The maximum absolute atomic E-state index is 10.5. The summed E-state index contributed by atoms with van der Waals surface area (Å²) in [5, 5.41) is 0. The molecule has 0 heterocycles. The monoisotopic (exact) mass is 304 g/mol. The van der Waals surface area contributed by atoms with Gasteiger partial charge >= 0.3 is 0 Å². The summed E-state index contributed by atoms with van der Waals surface area (Å²) in [6.45, 7) is 2.66. The average Bonchev–Trinajstić information content (AvgIpc) is 2.29. The van der Waals surface area contributed by atoms with Crippen molar-refractivity contribution < 1.29 is 13.0 Å². The molecule has 4 nitrogen and oxygen atoms in total. The van der Waals surface area contributed by atoms with Crippen LogP contribution in [0.1, 0.15) is 6.92 Å². The second-order valence-corrected chi connectivity index (χ2v) is 6.71. The molecule has 0 saturated heterocycles. The minimum Gasteiger partial charge on any atom is -0.748 e. The zero-order valence-corrected chi connectivity index (χ0v) is 12.4. The number of para-hydroxylation sites is 1. The fourth-order valence-corrected chi connectivity index (χ4v) is 3.53. The third-order valence-electron chi connectivity index (χ3n) is 2.16. The highest BCUT2D eigenvalue weighted by atomic mass is 32.2. The van der Waals surface area contributed by atoms with Gasteiger partial charge in [0.05, 0.1) is 10.1 Å². The number of rotatable bonds is 5. The van der Waals surface area contributed by atoms with Gasteiger partial charge in [0.2, 0.25) is 0 Å². The van der Waals surface area contributed by atoms with Crippen molar-refractivity contribution in [3.8, 4) is 0 Å². The van der Waals surface area contributed by atoms with Crippen LogP contribution in [0.15, 0.2) is 30.3 Å². The average molecular weight is 304 g/mol. The molecule has 0 spiro atoms. The number of benzene rings is 1. The van der Waals surface area contributed by atoms with Crippen molar-refractivity contribution in [3.63, 3.8) is 0 Å². The fourth-order valence-electron chi connectivity index (χ4n) is 1.33. The molecule has 0 aromatic heterocycles. The minimum atomic E-state index is -4.17. The summed E-state index contributed by atoms with van der Waals surface area (Å²) in [6.07, 6.45) is 0. The van der Waals surface area contributed by atoms with Crippen molar-refractivity contribution in [1.82, 2.24) is 0 Å². The topological polar surface area (TPSA) is 60.4 Å². The predicted octanol–water partition coefficient (Wildman–Crippen LogP) is 2.08. The quantitative estimate of drug-likeness (QED) is 0.613. The number of thiocarbonyl (C=S) groups is 1. The van der Waals surface area contributed by atoms with E-state index in [4.69, 9.17) is 12.2 Å². The van der Waals surface area contributed by atoms with E-state index in [-0.39, 0.29) is 5.75 Å². The van der Waals surface area contributed by atoms with E-state index in [1.165, 1.54) is 11.8 Å². The van der Waals surface area contributed by atoms with Crippen LogP contribution in [0.25, 0.3) is 0 Å². The molecule has 0 N–H and O–H groups in total. The molecule has 0 unspecified atom stereocenters. The van der Waals surface area contributed by atoms with Gasteiger partial charge in [-0.15, -0.1) is 0 Å². The molecule has 0 aliphatic rings. The van der Waals surface area contributed by atoms with Gasteiger partial charge in [-0.05, 0) is 19.1 Å². The molecular weight excluding hydrogens is 290 g/mol. The Kier molecular flexibility index (Phi) is 6.07. The highest BCUT2D eigenvalue weighted by Crippen LogP contribution is 2.19. The lowest BCUT2D eigenvalue weighted by Gasteiger charge is -2.23. The van der Waals surface area contributed by atoms with Gasteiger partial charge in [0, 0.05) is 23.7 Å². The molecule has 100 valence electrons. The summed E-state index contributed by atoms with van der Waals surface area (Å²) < 4.78 is 32.1. The highest BCUT2D eigenvalue weighted by Gasteiger charge is 2.10. The van der Waals surface area contributed by atoms with E-state index in [2.05, 4.69) is 0 Å². The smallest absolute Gasteiger partial charge is 0.140 e. The molecule has 0 bridgehead atoms. The van der Waals surface area contributed by atoms with Crippen LogP contribution in [0.5, 0.6) is 0 Å². The second kappa shape index (κ2) is 7.08. The Morgan fingerprint density at radius 1 is 1.39 bits per heavy atom. The van der Waals surface area contributed by atoms with Crippen LogP contribution in [0.4, 0.5) is 5.69 Å². The third-order valence-corrected chi connectivity index (χ3v) is 4.58. The van der Waals surface area contributed by atoms with Gasteiger partial charge in [0.15, 0.2) is 0 Å². The van der Waals surface area contributed by atoms with E-state index in [1.54, 1.807) is 0 Å². The summed E-state index contributed by atoms with van der Waals surface area (Å²) >= 11 is 6.45. The van der Waals surface area contributed by atoms with Crippen LogP contribution in [0, 0.1) is 0 Å². The van der Waals surface area contributed by atoms with E-state index >= 15 is 0 Å². The van der Waals surface area contributed by atoms with E-state index in [9.17, 15) is 13.0 Å². The summed E-state index contributed by atoms with van der Waals surface area (Å²) in [5.41, 5.74) is 0.961. The van der Waals surface area contributed by atoms with Crippen molar-refractivity contribution in [2.75, 3.05) is 23.0 Å². The van der Waals surface area contributed by atoms with Crippen molar-refractivity contribution in [2.24, 2.45) is 0 Å². The largest absolute Gasteiger partial charge is 0.748 e. The van der Waals surface area contributed by atoms with Crippen molar-refractivity contribution >= 4 is 44.1 Å². The molecule has 0 aliphatic heterocycles. The van der Waals surface area contributed by atoms with Gasteiger partial charge < -0.3 is 9.45 Å². The van der Waals surface area contributed by atoms with Crippen LogP contribution in [0.3, 0.4) is 0 Å². The lowest BCUT2D eigenvalue weighted by Crippen LogP contribution is -2.27. The maximum Gasteiger partial charge on any atom is 0.140 e. The first-order valence-electron chi connectivity index (χ1n) is 5.37. The van der Waals surface area contributed by atoms with E-state index in [0.717, 1.165) is 5.69 Å². The van der Waals surface area contributed by atoms with Gasteiger partial charge in [0.1, 0.15) is 4.32 Å². The van der Waals surface area contributed by atoms with Crippen LogP contribution in [-0.4, -0.2) is 35.3 Å². The Hall–Kier alpha value is -0.630. The number of anilines is 1. The number of thioether (sulfide) groups is 1. The Labute approximate surface area is 117 Å². The molecular formula is C11H14NO3S3-. The predicted molar refractivity (Wildman–Crippen MR) is 79.1 cm³/mol. The third kappa shape index (κ3) is 5.34. The lowest BCUT2D eigenvalue weighted by atomic mass is 10.3. The van der Waals surface area contributed by atoms with Gasteiger partial charge in [-0.25, -0.2) is 8.42 Å². The standard InChI is InChI=1S/C11H15NO3S3/c1-2-12(10-6-4-3-5-7-10)11(16)17-8-9-18(13,14)15/h3-7H,2,8-9H2,1H3,(H,13,14,15)/p-1. The summed E-state index contributed by atoms with van der Waals surface area (Å²) in [4.78, 5) is 1.90. The molecule has 0 radical (unpaired) electrons. The summed E-state index contributed by atoms with van der Waals surface area (Å²) in [7, 11) is -4.17. The SMILES string of the molecule is CCN(C(=S)SCCS(=O)(=O)[O-])c1ccccc1. The van der Waals surface area contributed by atoms with E-state index < -0.39 is 15.9 Å². The summed E-state index contributed by atoms with van der Waals surface area (Å²) in [6, 6.07) is 9.60. The first-order valence-corrected chi connectivity index (χ1v) is 8.34. The molecule has 0 atom stereocenters. The Bertz CT molecular complexity index is 488. The first-order chi connectivity index (χ1) is 8.44. The molecule has 1 rings (SSSR count). The minimum absolute atomic E-state index is 0.188. The van der Waals surface area contributed by atoms with Crippen LogP contribution < -0.4 is 4.90 Å². The molecule has 0 fully saturated rings. The number of nitrogens with zero attached hydrogens (tertiary/aromatic N) is 1. The highest BCUT2D eigenvalue weighted by molar-refractivity contribution is 8.23. The molecule has 0 aliphatic carbocycles. The van der Waals surface area contributed by atoms with Crippen LogP contribution in [-0.2, 0) is 10.1 Å². The van der Waals surface area contributed by atoms with Gasteiger partial charge in [-0.1, -0.05) is 42.2 Å². The van der Waals surface area contributed by atoms with Gasteiger partial charge in [0.25, 0.3) is 0 Å². The molecule has 7 heteroatoms. The Balaban J connectivity index is 2.59. The van der Waals surface area contributed by atoms with E-state index in [1.807, 2.05) is 42.2 Å². The fraction of sp³-hybridized carbons (Fsp3) is 0.364. The van der Waals surface area contributed by atoms with Crippen molar-refractivity contribution in [1.29, 1.82) is 0 Å². The van der Waals surface area contributed by atoms with Gasteiger partial charge in [-0.3, -0.25) is 0 Å². The Morgan fingerprint density at radius 2 is 2.00 bits per heavy atom. The summed E-state index contributed by atoms with van der Waals surface area (Å²) in [5.74, 6) is -0.210. The zero-order valence-electron chi connectivity index (χ0n) is 9.90. The molecule has 1 aromatic carbocycles. The zero-order chi connectivity index (χ0) is 13.6. The Morgan fingerprint density at radius 3 is 2.50 bits per heavy atom. The van der Waals surface area contributed by atoms with Crippen LogP contribution >= 0.6 is 24.0 Å². The maximum atomic E-state index is 10.5. The van der Waals surface area contributed by atoms with Crippen LogP contribution in [0.2, 0.25) is 0 Å². The first kappa shape index (κ1) is 15.4. The molecule has 1 aromatic rings. The van der Waals surface area contributed by atoms with Crippen molar-refractivity contribution in [2.45, 2.75) is 6.92 Å².